The largest absolute Gasteiger partial charge is 0.376 e. The summed E-state index contributed by atoms with van der Waals surface area (Å²) in [5.74, 6) is -0.353. The number of carbonyl (C=O) groups is 1. The van der Waals surface area contributed by atoms with Crippen molar-refractivity contribution in [3.05, 3.63) is 27.8 Å². The van der Waals surface area contributed by atoms with E-state index in [2.05, 4.69) is 27.9 Å². The minimum Gasteiger partial charge on any atom is -0.376 e. The Morgan fingerprint density at radius 3 is 2.92 bits per heavy atom. The average molecular weight is 276 g/mol. The Balaban J connectivity index is 2.57. The number of benzene rings is 1. The highest BCUT2D eigenvalue weighted by Gasteiger charge is 1.94. The fourth-order valence-electron chi connectivity index (χ4n) is 0.788. The molecular weight excluding hydrogens is 267 g/mol. The maximum absolute atomic E-state index is 10.4. The molecule has 0 aliphatic carbocycles. The number of amides is 1. The summed E-state index contributed by atoms with van der Waals surface area (Å²) < 4.78 is 1.13. The molecule has 0 spiro atoms. The molecule has 12 heavy (non-hydrogen) atoms. The Morgan fingerprint density at radius 2 is 2.33 bits per heavy atom. The van der Waals surface area contributed by atoms with Gasteiger partial charge in [0.2, 0.25) is 5.91 Å². The molecular formula is C8H9IN2O. The zero-order valence-electron chi connectivity index (χ0n) is 6.38. The molecule has 1 aromatic rings. The number of halogens is 1. The van der Waals surface area contributed by atoms with Crippen molar-refractivity contribution in [2.45, 2.75) is 0 Å². The number of nitrogens with one attached hydrogen (secondary N) is 1. The van der Waals surface area contributed by atoms with Crippen LogP contribution in [0.25, 0.3) is 0 Å². The van der Waals surface area contributed by atoms with Crippen LogP contribution in [0.1, 0.15) is 0 Å². The first-order chi connectivity index (χ1) is 5.68. The van der Waals surface area contributed by atoms with Crippen LogP contribution in [0.4, 0.5) is 5.69 Å². The van der Waals surface area contributed by atoms with E-state index in [-0.39, 0.29) is 12.5 Å². The fraction of sp³-hybridized carbons (Fsp3) is 0.125. The minimum absolute atomic E-state index is 0.181. The van der Waals surface area contributed by atoms with Gasteiger partial charge in [0.1, 0.15) is 0 Å². The van der Waals surface area contributed by atoms with Crippen LogP contribution in [-0.4, -0.2) is 12.5 Å². The van der Waals surface area contributed by atoms with Gasteiger partial charge in [-0.1, -0.05) is 6.07 Å². The van der Waals surface area contributed by atoms with Gasteiger partial charge in [0, 0.05) is 9.26 Å². The third-order valence-corrected chi connectivity index (χ3v) is 1.96. The van der Waals surface area contributed by atoms with Gasteiger partial charge in [-0.15, -0.1) is 0 Å². The Labute approximate surface area is 84.5 Å². The number of primary amides is 1. The maximum atomic E-state index is 10.4. The smallest absolute Gasteiger partial charge is 0.236 e. The van der Waals surface area contributed by atoms with Crippen LogP contribution in [0.3, 0.4) is 0 Å². The predicted molar refractivity (Wildman–Crippen MR) is 56.8 cm³/mol. The first-order valence-electron chi connectivity index (χ1n) is 3.46. The third kappa shape index (κ3) is 3.08. The lowest BCUT2D eigenvalue weighted by Crippen LogP contribution is -2.21. The lowest BCUT2D eigenvalue weighted by molar-refractivity contribution is -0.116. The molecule has 0 bridgehead atoms. The van der Waals surface area contributed by atoms with Gasteiger partial charge < -0.3 is 11.1 Å². The Kier molecular flexibility index (Phi) is 3.33. The quantitative estimate of drug-likeness (QED) is 0.815. The number of hydrogen-bond donors (Lipinski definition) is 2. The van der Waals surface area contributed by atoms with Gasteiger partial charge in [-0.2, -0.15) is 0 Å². The maximum Gasteiger partial charge on any atom is 0.236 e. The van der Waals surface area contributed by atoms with Gasteiger partial charge in [-0.05, 0) is 40.8 Å². The molecule has 0 heterocycles. The average Bonchev–Trinajstić information content (AvgIpc) is 2.01. The van der Waals surface area contributed by atoms with Crippen molar-refractivity contribution in [2.24, 2.45) is 5.73 Å². The van der Waals surface area contributed by atoms with Crippen molar-refractivity contribution in [3.8, 4) is 0 Å². The molecule has 0 aromatic heterocycles. The zero-order chi connectivity index (χ0) is 8.97. The third-order valence-electron chi connectivity index (χ3n) is 1.29. The zero-order valence-corrected chi connectivity index (χ0v) is 8.54. The normalized spacial score (nSPS) is 9.42. The summed E-state index contributed by atoms with van der Waals surface area (Å²) in [5, 5.41) is 2.91. The molecule has 0 aliphatic heterocycles. The van der Waals surface area contributed by atoms with E-state index >= 15 is 0 Å². The van der Waals surface area contributed by atoms with Gasteiger partial charge in [0.15, 0.2) is 0 Å². The van der Waals surface area contributed by atoms with Gasteiger partial charge in [-0.3, -0.25) is 4.79 Å². The topological polar surface area (TPSA) is 55.1 Å². The highest BCUT2D eigenvalue weighted by atomic mass is 127. The first kappa shape index (κ1) is 9.31. The van der Waals surface area contributed by atoms with Gasteiger partial charge in [-0.25, -0.2) is 0 Å². The van der Waals surface area contributed by atoms with E-state index in [0.29, 0.717) is 0 Å². The highest BCUT2D eigenvalue weighted by molar-refractivity contribution is 14.1. The van der Waals surface area contributed by atoms with Crippen molar-refractivity contribution in [3.63, 3.8) is 0 Å². The van der Waals surface area contributed by atoms with E-state index < -0.39 is 0 Å². The molecule has 0 saturated heterocycles. The van der Waals surface area contributed by atoms with Crippen LogP contribution in [0.2, 0.25) is 0 Å². The van der Waals surface area contributed by atoms with E-state index in [1.165, 1.54) is 0 Å². The van der Waals surface area contributed by atoms with Crippen LogP contribution in [0.5, 0.6) is 0 Å². The summed E-state index contributed by atoms with van der Waals surface area (Å²) in [6.45, 7) is 0.181. The van der Waals surface area contributed by atoms with E-state index in [1.807, 2.05) is 24.3 Å². The molecule has 3 nitrogen and oxygen atoms in total. The first-order valence-corrected chi connectivity index (χ1v) is 4.54. The number of anilines is 1. The molecule has 3 N–H and O–H groups in total. The second kappa shape index (κ2) is 4.30. The van der Waals surface area contributed by atoms with Crippen LogP contribution in [-0.2, 0) is 4.79 Å². The standard InChI is InChI=1S/C8H9IN2O/c9-6-2-1-3-7(4-6)11-5-8(10)12/h1-4,11H,5H2,(H2,10,12). The number of hydrogen-bond acceptors (Lipinski definition) is 2. The molecule has 0 unspecified atom stereocenters. The lowest BCUT2D eigenvalue weighted by Gasteiger charge is -2.02. The number of nitrogens with two attached hydrogens (primary N) is 1. The monoisotopic (exact) mass is 276 g/mol. The van der Waals surface area contributed by atoms with Crippen molar-refractivity contribution in [2.75, 3.05) is 11.9 Å². The molecule has 4 heteroatoms. The molecule has 0 saturated carbocycles. The summed E-state index contributed by atoms with van der Waals surface area (Å²) >= 11 is 2.21. The summed E-state index contributed by atoms with van der Waals surface area (Å²) in [7, 11) is 0. The summed E-state index contributed by atoms with van der Waals surface area (Å²) in [6.07, 6.45) is 0. The summed E-state index contributed by atoms with van der Waals surface area (Å²) in [4.78, 5) is 10.4. The Hall–Kier alpha value is -0.780. The second-order valence-corrected chi connectivity index (χ2v) is 3.58. The second-order valence-electron chi connectivity index (χ2n) is 2.33. The van der Waals surface area contributed by atoms with Crippen molar-refractivity contribution in [1.29, 1.82) is 0 Å². The Morgan fingerprint density at radius 1 is 1.58 bits per heavy atom. The predicted octanol–water partition coefficient (Wildman–Crippen LogP) is 1.19. The van der Waals surface area contributed by atoms with Crippen LogP contribution >= 0.6 is 22.6 Å². The number of rotatable bonds is 3. The summed E-state index contributed by atoms with van der Waals surface area (Å²) in [6, 6.07) is 7.75. The fourth-order valence-corrected chi connectivity index (χ4v) is 1.33. The van der Waals surface area contributed by atoms with E-state index in [0.717, 1.165) is 9.26 Å². The summed E-state index contributed by atoms with van der Waals surface area (Å²) in [5.41, 5.74) is 5.89. The van der Waals surface area contributed by atoms with Crippen molar-refractivity contribution >= 4 is 34.2 Å². The number of carbonyl (C=O) groups excluding carboxylic acids is 1. The molecule has 0 fully saturated rings. The Bertz CT molecular complexity index is 288. The molecule has 0 aliphatic rings. The molecule has 0 atom stereocenters. The molecule has 1 rings (SSSR count). The van der Waals surface area contributed by atoms with Crippen LogP contribution in [0.15, 0.2) is 24.3 Å². The van der Waals surface area contributed by atoms with Crippen molar-refractivity contribution in [1.82, 2.24) is 0 Å². The van der Waals surface area contributed by atoms with E-state index in [1.54, 1.807) is 0 Å². The van der Waals surface area contributed by atoms with Gasteiger partial charge >= 0.3 is 0 Å². The van der Waals surface area contributed by atoms with E-state index in [4.69, 9.17) is 5.73 Å². The van der Waals surface area contributed by atoms with Crippen LogP contribution < -0.4 is 11.1 Å². The van der Waals surface area contributed by atoms with Gasteiger partial charge in [0.05, 0.1) is 6.54 Å². The molecule has 1 amide bonds. The molecule has 64 valence electrons. The van der Waals surface area contributed by atoms with Crippen LogP contribution in [0, 0.1) is 3.57 Å². The SMILES string of the molecule is NC(=O)CNc1cccc(I)c1. The van der Waals surface area contributed by atoms with Gasteiger partial charge in [0.25, 0.3) is 0 Å². The minimum atomic E-state index is -0.353. The van der Waals surface area contributed by atoms with Crippen molar-refractivity contribution < 1.29 is 4.79 Å². The lowest BCUT2D eigenvalue weighted by atomic mass is 10.3. The van der Waals surface area contributed by atoms with E-state index in [9.17, 15) is 4.79 Å². The highest BCUT2D eigenvalue weighted by Crippen LogP contribution is 2.11. The molecule has 1 aromatic carbocycles. The molecule has 0 radical (unpaired) electrons.